The number of aliphatic carboxylic acids is 1. The van der Waals surface area contributed by atoms with Crippen LogP contribution < -0.4 is 0 Å². The first-order valence-corrected chi connectivity index (χ1v) is 7.03. The quantitative estimate of drug-likeness (QED) is 0.529. The molecule has 118 valence electrons. The van der Waals surface area contributed by atoms with Gasteiger partial charge in [-0.2, -0.15) is 0 Å². The van der Waals surface area contributed by atoms with Gasteiger partial charge in [0.1, 0.15) is 5.57 Å². The molecule has 2 aromatic carbocycles. The van der Waals surface area contributed by atoms with Gasteiger partial charge in [0.25, 0.3) is 0 Å². The lowest BCUT2D eigenvalue weighted by molar-refractivity contribution is -0.130. The highest BCUT2D eigenvalue weighted by atomic mass is 19.1. The van der Waals surface area contributed by atoms with E-state index in [-0.39, 0.29) is 5.57 Å². The Morgan fingerprint density at radius 3 is 2.65 bits per heavy atom. The van der Waals surface area contributed by atoms with Crippen LogP contribution >= 0.6 is 0 Å². The Morgan fingerprint density at radius 1 is 1.30 bits per heavy atom. The Labute approximate surface area is 134 Å². The lowest BCUT2D eigenvalue weighted by Gasteiger charge is -2.08. The zero-order chi connectivity index (χ0) is 17.0. The van der Waals surface area contributed by atoms with Crippen molar-refractivity contribution in [1.82, 2.24) is 0 Å². The van der Waals surface area contributed by atoms with Crippen molar-refractivity contribution in [3.63, 3.8) is 0 Å². The number of hydrogen-bond acceptors (Lipinski definition) is 2. The molecule has 2 rings (SSSR count). The standard InChI is InChI=1S/C19H17FO3/c1-19(2,20)10-9-13-7-8-14-5-4-6-15(16(14)11-13)17(12-23-3)18(21)22/h4-8,11-12H,1-3H3,(H,21,22). The lowest BCUT2D eigenvalue weighted by atomic mass is 9.97. The second-order valence-corrected chi connectivity index (χ2v) is 5.54. The number of carboxylic acids is 1. The van der Waals surface area contributed by atoms with Crippen LogP contribution in [-0.4, -0.2) is 23.9 Å². The number of carbonyl (C=O) groups is 1. The van der Waals surface area contributed by atoms with Crippen LogP contribution in [0.15, 0.2) is 42.7 Å². The predicted molar refractivity (Wildman–Crippen MR) is 88.6 cm³/mol. The predicted octanol–water partition coefficient (Wildman–Crippen LogP) is 4.01. The van der Waals surface area contributed by atoms with E-state index < -0.39 is 11.6 Å². The molecular formula is C19H17FO3. The van der Waals surface area contributed by atoms with Gasteiger partial charge in [-0.3, -0.25) is 0 Å². The van der Waals surface area contributed by atoms with E-state index in [1.54, 1.807) is 24.3 Å². The summed E-state index contributed by atoms with van der Waals surface area (Å²) < 4.78 is 18.4. The van der Waals surface area contributed by atoms with E-state index >= 15 is 0 Å². The summed E-state index contributed by atoms with van der Waals surface area (Å²) in [5, 5.41) is 11.0. The van der Waals surface area contributed by atoms with Crippen LogP contribution in [0.4, 0.5) is 4.39 Å². The first kappa shape index (κ1) is 16.6. The van der Waals surface area contributed by atoms with Crippen molar-refractivity contribution in [2.75, 3.05) is 7.11 Å². The fourth-order valence-corrected chi connectivity index (χ4v) is 2.15. The fourth-order valence-electron chi connectivity index (χ4n) is 2.15. The number of fused-ring (bicyclic) bond motifs is 1. The molecule has 23 heavy (non-hydrogen) atoms. The van der Waals surface area contributed by atoms with Crippen LogP contribution in [0.3, 0.4) is 0 Å². The minimum atomic E-state index is -1.59. The van der Waals surface area contributed by atoms with E-state index in [1.807, 2.05) is 12.1 Å². The molecule has 0 amide bonds. The van der Waals surface area contributed by atoms with Crippen LogP contribution in [0.1, 0.15) is 25.0 Å². The summed E-state index contributed by atoms with van der Waals surface area (Å²) in [6.07, 6.45) is 1.19. The van der Waals surface area contributed by atoms with Gasteiger partial charge in [0.15, 0.2) is 5.67 Å². The summed E-state index contributed by atoms with van der Waals surface area (Å²) in [4.78, 5) is 11.4. The number of hydrogen-bond donors (Lipinski definition) is 1. The van der Waals surface area contributed by atoms with Gasteiger partial charge in [0, 0.05) is 5.56 Å². The fraction of sp³-hybridized carbons (Fsp3) is 0.211. The number of ether oxygens (including phenoxy) is 1. The number of benzene rings is 2. The first-order chi connectivity index (χ1) is 10.8. The number of rotatable bonds is 3. The number of alkyl halides is 1. The summed E-state index contributed by atoms with van der Waals surface area (Å²) in [6.45, 7) is 2.77. The minimum Gasteiger partial charge on any atom is -0.503 e. The largest absolute Gasteiger partial charge is 0.503 e. The van der Waals surface area contributed by atoms with Crippen LogP contribution in [0.2, 0.25) is 0 Å². The summed E-state index contributed by atoms with van der Waals surface area (Å²) in [5.74, 6) is 4.23. The third kappa shape index (κ3) is 4.10. The average Bonchev–Trinajstić information content (AvgIpc) is 2.49. The van der Waals surface area contributed by atoms with Crippen LogP contribution in [-0.2, 0) is 9.53 Å². The van der Waals surface area contributed by atoms with Gasteiger partial charge in [-0.1, -0.05) is 36.1 Å². The average molecular weight is 312 g/mol. The van der Waals surface area contributed by atoms with Gasteiger partial charge in [-0.15, -0.1) is 0 Å². The molecule has 1 N–H and O–H groups in total. The molecule has 0 heterocycles. The van der Waals surface area contributed by atoms with Gasteiger partial charge in [-0.05, 0) is 42.3 Å². The molecular weight excluding hydrogens is 295 g/mol. The maximum absolute atomic E-state index is 13.5. The van der Waals surface area contributed by atoms with Crippen LogP contribution in [0, 0.1) is 11.8 Å². The lowest BCUT2D eigenvalue weighted by Crippen LogP contribution is -2.06. The molecule has 0 aliphatic carbocycles. The van der Waals surface area contributed by atoms with Gasteiger partial charge >= 0.3 is 5.97 Å². The Morgan fingerprint density at radius 2 is 2.04 bits per heavy atom. The molecule has 2 aromatic rings. The van der Waals surface area contributed by atoms with Crippen molar-refractivity contribution < 1.29 is 19.0 Å². The van der Waals surface area contributed by atoms with Gasteiger partial charge in [0.2, 0.25) is 0 Å². The number of methoxy groups -OCH3 is 1. The summed E-state index contributed by atoms with van der Waals surface area (Å²) in [7, 11) is 1.40. The van der Waals surface area contributed by atoms with Crippen LogP contribution in [0.25, 0.3) is 16.3 Å². The maximum atomic E-state index is 13.5. The number of carboxylic acid groups (broad SMARTS) is 1. The van der Waals surface area contributed by atoms with E-state index in [0.29, 0.717) is 11.1 Å². The Balaban J connectivity index is 2.64. The Kier molecular flexibility index (Phi) is 4.71. The molecule has 0 saturated carbocycles. The summed E-state index contributed by atoms with van der Waals surface area (Å²) in [6, 6.07) is 10.7. The third-order valence-electron chi connectivity index (χ3n) is 3.14. The molecule has 0 spiro atoms. The van der Waals surface area contributed by atoms with Crippen LogP contribution in [0.5, 0.6) is 0 Å². The Bertz CT molecular complexity index is 833. The molecule has 4 heteroatoms. The molecule has 0 radical (unpaired) electrons. The SMILES string of the molecule is COC=C(C(=O)O)c1cccc2ccc(C#CC(C)(C)F)cc12. The molecule has 0 aliphatic heterocycles. The third-order valence-corrected chi connectivity index (χ3v) is 3.14. The molecule has 0 aromatic heterocycles. The van der Waals surface area contributed by atoms with Crippen molar-refractivity contribution >= 4 is 22.3 Å². The van der Waals surface area contributed by atoms with Crippen molar-refractivity contribution in [3.8, 4) is 11.8 Å². The minimum absolute atomic E-state index is 0.0500. The van der Waals surface area contributed by atoms with E-state index in [0.717, 1.165) is 10.8 Å². The highest BCUT2D eigenvalue weighted by Gasteiger charge is 2.14. The van der Waals surface area contributed by atoms with E-state index in [1.165, 1.54) is 27.2 Å². The van der Waals surface area contributed by atoms with E-state index in [4.69, 9.17) is 4.74 Å². The second kappa shape index (κ2) is 6.53. The second-order valence-electron chi connectivity index (χ2n) is 5.54. The highest BCUT2D eigenvalue weighted by molar-refractivity contribution is 6.19. The zero-order valence-corrected chi connectivity index (χ0v) is 13.2. The summed E-state index contributed by atoms with van der Waals surface area (Å²) >= 11 is 0. The number of halogens is 1. The molecule has 0 atom stereocenters. The monoisotopic (exact) mass is 312 g/mol. The molecule has 3 nitrogen and oxygen atoms in total. The van der Waals surface area contributed by atoms with Crippen molar-refractivity contribution in [1.29, 1.82) is 0 Å². The van der Waals surface area contributed by atoms with Crippen molar-refractivity contribution in [3.05, 3.63) is 53.8 Å². The van der Waals surface area contributed by atoms with E-state index in [9.17, 15) is 14.3 Å². The zero-order valence-electron chi connectivity index (χ0n) is 13.2. The molecule has 0 aliphatic rings. The molecule has 0 saturated heterocycles. The highest BCUT2D eigenvalue weighted by Crippen LogP contribution is 2.26. The van der Waals surface area contributed by atoms with E-state index in [2.05, 4.69) is 11.8 Å². The van der Waals surface area contributed by atoms with Gasteiger partial charge < -0.3 is 9.84 Å². The molecule has 0 bridgehead atoms. The van der Waals surface area contributed by atoms with Gasteiger partial charge in [-0.25, -0.2) is 9.18 Å². The smallest absolute Gasteiger partial charge is 0.339 e. The van der Waals surface area contributed by atoms with Crippen molar-refractivity contribution in [2.24, 2.45) is 0 Å². The topological polar surface area (TPSA) is 46.5 Å². The normalized spacial score (nSPS) is 11.7. The van der Waals surface area contributed by atoms with Crippen molar-refractivity contribution in [2.45, 2.75) is 19.5 Å². The molecule has 0 unspecified atom stereocenters. The first-order valence-electron chi connectivity index (χ1n) is 7.03. The maximum Gasteiger partial charge on any atom is 0.339 e. The molecule has 0 fully saturated rings. The van der Waals surface area contributed by atoms with Gasteiger partial charge in [0.05, 0.1) is 13.4 Å². The summed E-state index contributed by atoms with van der Waals surface area (Å²) in [5.41, 5.74) is -0.386. The Hall–Kier alpha value is -2.80.